The first-order valence-corrected chi connectivity index (χ1v) is 16.3. The van der Waals surface area contributed by atoms with E-state index in [1.54, 1.807) is 24.1 Å². The number of hydrogen-bond acceptors (Lipinski definition) is 6. The minimum atomic E-state index is -3.68. The summed E-state index contributed by atoms with van der Waals surface area (Å²) in [5, 5.41) is 3.23. The van der Waals surface area contributed by atoms with Crippen LogP contribution in [-0.2, 0) is 32.6 Å². The van der Waals surface area contributed by atoms with Crippen molar-refractivity contribution in [3.05, 3.63) is 88.9 Å². The van der Waals surface area contributed by atoms with Crippen LogP contribution in [0.1, 0.15) is 37.3 Å². The van der Waals surface area contributed by atoms with Crippen LogP contribution in [0.15, 0.2) is 72.8 Å². The summed E-state index contributed by atoms with van der Waals surface area (Å²) in [4.78, 5) is 29.0. The molecule has 0 fully saturated rings. The lowest BCUT2D eigenvalue weighted by Crippen LogP contribution is -2.50. The third-order valence-corrected chi connectivity index (χ3v) is 8.37. The van der Waals surface area contributed by atoms with Crippen LogP contribution >= 0.6 is 11.6 Å². The first kappa shape index (κ1) is 33.7. The van der Waals surface area contributed by atoms with E-state index in [1.807, 2.05) is 61.5 Å². The molecular weight excluding hydrogens is 590 g/mol. The molecule has 1 N–H and O–H groups in total. The molecule has 2 amide bonds. The molecule has 0 bridgehead atoms. The molecule has 3 rings (SSSR count). The average molecular weight is 630 g/mol. The molecule has 232 valence electrons. The second kappa shape index (κ2) is 16.2. The summed E-state index contributed by atoms with van der Waals surface area (Å²) in [7, 11) is -0.629. The highest BCUT2D eigenvalue weighted by atomic mass is 35.5. The Morgan fingerprint density at radius 3 is 2.30 bits per heavy atom. The van der Waals surface area contributed by atoms with Crippen molar-refractivity contribution in [2.24, 2.45) is 0 Å². The lowest BCUT2D eigenvalue weighted by molar-refractivity contribution is -0.141. The van der Waals surface area contributed by atoms with Gasteiger partial charge in [-0.2, -0.15) is 0 Å². The van der Waals surface area contributed by atoms with Crippen LogP contribution in [0.5, 0.6) is 11.5 Å². The lowest BCUT2D eigenvalue weighted by Gasteiger charge is -2.32. The number of sulfonamides is 1. The zero-order valence-electron chi connectivity index (χ0n) is 25.1. The van der Waals surface area contributed by atoms with E-state index in [0.717, 1.165) is 23.8 Å². The van der Waals surface area contributed by atoms with Crippen molar-refractivity contribution in [2.45, 2.75) is 45.2 Å². The Labute approximate surface area is 259 Å². The van der Waals surface area contributed by atoms with Gasteiger partial charge in [0, 0.05) is 32.5 Å². The number of hydrogen-bond donors (Lipinski definition) is 1. The summed E-state index contributed by atoms with van der Waals surface area (Å²) in [5.74, 6) is 0.555. The van der Waals surface area contributed by atoms with Gasteiger partial charge in [0.15, 0.2) is 0 Å². The van der Waals surface area contributed by atoms with E-state index in [1.165, 1.54) is 17.5 Å². The normalized spacial score (nSPS) is 11.8. The Kier molecular flexibility index (Phi) is 12.7. The van der Waals surface area contributed by atoms with Crippen LogP contribution in [0.2, 0.25) is 5.02 Å². The fraction of sp³-hybridized carbons (Fsp3) is 0.375. The van der Waals surface area contributed by atoms with E-state index in [9.17, 15) is 18.0 Å². The zero-order valence-corrected chi connectivity index (χ0v) is 26.7. The second-order valence-corrected chi connectivity index (χ2v) is 12.4. The Balaban J connectivity index is 1.89. The summed E-state index contributed by atoms with van der Waals surface area (Å²) in [6.45, 7) is 2.68. The molecule has 0 aliphatic carbocycles. The molecule has 43 heavy (non-hydrogen) atoms. The number of halogens is 1. The molecule has 0 heterocycles. The fourth-order valence-electron chi connectivity index (χ4n) is 4.70. The second-order valence-electron chi connectivity index (χ2n) is 10.1. The number of rotatable bonds is 16. The number of ether oxygens (including phenoxy) is 2. The van der Waals surface area contributed by atoms with E-state index < -0.39 is 16.1 Å². The standard InChI is InChI=1S/C32H40ClN3O6S/c1-5-18-34-32(38)29(21-24-11-7-6-8-12-24)35(23-25-13-9-14-27(20-25)41-2)31(37)15-10-19-36(43(4,39)40)26-16-17-30(42-3)28(33)22-26/h6-9,11-14,16-17,20,22,29H,5,10,15,18-19,21,23H2,1-4H3,(H,34,38)/t29-/m0/s1. The molecule has 0 radical (unpaired) electrons. The molecule has 0 aliphatic heterocycles. The van der Waals surface area contributed by atoms with Crippen LogP contribution in [-0.4, -0.2) is 64.7 Å². The molecule has 0 aromatic heterocycles. The van der Waals surface area contributed by atoms with Crippen molar-refractivity contribution in [2.75, 3.05) is 37.9 Å². The molecule has 3 aromatic carbocycles. The van der Waals surface area contributed by atoms with Gasteiger partial charge in [-0.1, -0.05) is 61.0 Å². The smallest absolute Gasteiger partial charge is 0.243 e. The van der Waals surface area contributed by atoms with Gasteiger partial charge in [-0.3, -0.25) is 13.9 Å². The van der Waals surface area contributed by atoms with Crippen molar-refractivity contribution < 1.29 is 27.5 Å². The van der Waals surface area contributed by atoms with Crippen LogP contribution in [0.25, 0.3) is 0 Å². The van der Waals surface area contributed by atoms with E-state index >= 15 is 0 Å². The van der Waals surface area contributed by atoms with Gasteiger partial charge >= 0.3 is 0 Å². The van der Waals surface area contributed by atoms with Crippen LogP contribution in [0.4, 0.5) is 5.69 Å². The molecular formula is C32H40ClN3O6S. The van der Waals surface area contributed by atoms with E-state index in [4.69, 9.17) is 21.1 Å². The highest BCUT2D eigenvalue weighted by Crippen LogP contribution is 2.30. The van der Waals surface area contributed by atoms with E-state index in [2.05, 4.69) is 5.32 Å². The molecule has 0 aliphatic rings. The Morgan fingerprint density at radius 2 is 1.67 bits per heavy atom. The van der Waals surface area contributed by atoms with Gasteiger partial charge in [-0.15, -0.1) is 0 Å². The molecule has 0 unspecified atom stereocenters. The van der Waals surface area contributed by atoms with Crippen molar-refractivity contribution >= 4 is 39.1 Å². The number of nitrogens with one attached hydrogen (secondary N) is 1. The van der Waals surface area contributed by atoms with Gasteiger partial charge in [-0.05, 0) is 54.3 Å². The van der Waals surface area contributed by atoms with Gasteiger partial charge in [0.1, 0.15) is 17.5 Å². The molecule has 9 nitrogen and oxygen atoms in total. The molecule has 11 heteroatoms. The number of carbonyl (C=O) groups excluding carboxylic acids is 2. The minimum absolute atomic E-state index is 0.0201. The summed E-state index contributed by atoms with van der Waals surface area (Å²) in [5.41, 5.74) is 2.09. The average Bonchev–Trinajstić information content (AvgIpc) is 2.99. The van der Waals surface area contributed by atoms with Gasteiger partial charge in [-0.25, -0.2) is 8.42 Å². The highest BCUT2D eigenvalue weighted by Gasteiger charge is 2.30. The summed E-state index contributed by atoms with van der Waals surface area (Å²) < 4.78 is 37.2. The highest BCUT2D eigenvalue weighted by molar-refractivity contribution is 7.92. The summed E-state index contributed by atoms with van der Waals surface area (Å²) in [6.07, 6.45) is 2.43. The van der Waals surface area contributed by atoms with Crippen LogP contribution in [0, 0.1) is 0 Å². The maximum absolute atomic E-state index is 13.9. The number of nitrogens with zero attached hydrogens (tertiary/aromatic N) is 2. The molecule has 0 saturated carbocycles. The topological polar surface area (TPSA) is 105 Å². The van der Waals surface area contributed by atoms with E-state index in [0.29, 0.717) is 30.2 Å². The fourth-order valence-corrected chi connectivity index (χ4v) is 5.91. The van der Waals surface area contributed by atoms with Crippen molar-refractivity contribution in [3.8, 4) is 11.5 Å². The zero-order chi connectivity index (χ0) is 31.4. The van der Waals surface area contributed by atoms with Crippen LogP contribution < -0.4 is 19.1 Å². The lowest BCUT2D eigenvalue weighted by atomic mass is 10.0. The number of benzene rings is 3. The van der Waals surface area contributed by atoms with Gasteiger partial charge in [0.05, 0.1) is 31.2 Å². The Bertz CT molecular complexity index is 1470. The molecule has 3 aromatic rings. The van der Waals surface area contributed by atoms with Crippen LogP contribution in [0.3, 0.4) is 0 Å². The third kappa shape index (κ3) is 9.90. The quantitative estimate of drug-likeness (QED) is 0.237. The summed E-state index contributed by atoms with van der Waals surface area (Å²) in [6, 6.07) is 20.9. The largest absolute Gasteiger partial charge is 0.497 e. The molecule has 1 atom stereocenters. The SMILES string of the molecule is CCCNC(=O)[C@H](Cc1ccccc1)N(Cc1cccc(OC)c1)C(=O)CCCN(c1ccc(OC)c(Cl)c1)S(C)(=O)=O. The minimum Gasteiger partial charge on any atom is -0.497 e. The van der Waals surface area contributed by atoms with Crippen molar-refractivity contribution in [3.63, 3.8) is 0 Å². The predicted molar refractivity (Wildman–Crippen MR) is 170 cm³/mol. The van der Waals surface area contributed by atoms with E-state index in [-0.39, 0.29) is 42.8 Å². The first-order chi connectivity index (χ1) is 20.6. The van der Waals surface area contributed by atoms with Crippen molar-refractivity contribution in [1.29, 1.82) is 0 Å². The first-order valence-electron chi connectivity index (χ1n) is 14.1. The number of amides is 2. The maximum atomic E-state index is 13.9. The number of carbonyl (C=O) groups is 2. The van der Waals surface area contributed by atoms with Crippen molar-refractivity contribution in [1.82, 2.24) is 10.2 Å². The predicted octanol–water partition coefficient (Wildman–Crippen LogP) is 5.07. The van der Waals surface area contributed by atoms with Gasteiger partial charge < -0.3 is 19.7 Å². The molecule has 0 spiro atoms. The Morgan fingerprint density at radius 1 is 0.953 bits per heavy atom. The van der Waals surface area contributed by atoms with Gasteiger partial charge in [0.25, 0.3) is 0 Å². The third-order valence-electron chi connectivity index (χ3n) is 6.88. The maximum Gasteiger partial charge on any atom is 0.243 e. The Hall–Kier alpha value is -3.76. The molecule has 0 saturated heterocycles. The monoisotopic (exact) mass is 629 g/mol. The number of anilines is 1. The van der Waals surface area contributed by atoms with Gasteiger partial charge in [0.2, 0.25) is 21.8 Å². The summed E-state index contributed by atoms with van der Waals surface area (Å²) >= 11 is 6.26. The number of methoxy groups -OCH3 is 2.